The van der Waals surface area contributed by atoms with E-state index in [9.17, 15) is 18.0 Å². The van der Waals surface area contributed by atoms with E-state index in [1.54, 1.807) is 6.92 Å². The molecule has 0 saturated carbocycles. The summed E-state index contributed by atoms with van der Waals surface area (Å²) in [7, 11) is 0. The number of anilines is 1. The standard InChI is InChI=1S/C17H12ClF3N4OS/c1-9-23-13-5-3-2-4-11(13)16(24-9)27-8-14(26)25-15-12(18)6-10(7-22-15)17(19,20)21/h2-7H,8H2,1H3,(H,22,25,26). The fourth-order valence-corrected chi connectivity index (χ4v) is 3.33. The maximum absolute atomic E-state index is 12.6. The molecule has 1 aromatic carbocycles. The summed E-state index contributed by atoms with van der Waals surface area (Å²) >= 11 is 6.98. The monoisotopic (exact) mass is 412 g/mol. The van der Waals surface area contributed by atoms with Gasteiger partial charge in [-0.1, -0.05) is 41.6 Å². The van der Waals surface area contributed by atoms with Gasteiger partial charge in [-0.2, -0.15) is 13.2 Å². The molecule has 27 heavy (non-hydrogen) atoms. The summed E-state index contributed by atoms with van der Waals surface area (Å²) in [5.74, 6) is -0.0306. The molecular formula is C17H12ClF3N4OS. The van der Waals surface area contributed by atoms with E-state index >= 15 is 0 Å². The average molecular weight is 413 g/mol. The Hall–Kier alpha value is -2.39. The lowest BCUT2D eigenvalue weighted by molar-refractivity contribution is -0.137. The summed E-state index contributed by atoms with van der Waals surface area (Å²) in [5.41, 5.74) is -0.219. The first-order chi connectivity index (χ1) is 12.7. The normalized spacial score (nSPS) is 11.6. The predicted octanol–water partition coefficient (Wildman–Crippen LogP) is 4.74. The molecule has 0 unspecified atom stereocenters. The number of nitrogens with zero attached hydrogens (tertiary/aromatic N) is 3. The van der Waals surface area contributed by atoms with Gasteiger partial charge in [-0.15, -0.1) is 0 Å². The van der Waals surface area contributed by atoms with E-state index in [4.69, 9.17) is 11.6 Å². The number of carbonyl (C=O) groups excluding carboxylic acids is 1. The van der Waals surface area contributed by atoms with Crippen molar-refractivity contribution >= 4 is 46.0 Å². The van der Waals surface area contributed by atoms with E-state index < -0.39 is 17.6 Å². The van der Waals surface area contributed by atoms with Crippen molar-refractivity contribution in [2.45, 2.75) is 18.1 Å². The molecule has 0 spiro atoms. The Balaban J connectivity index is 1.71. The molecule has 0 atom stereocenters. The fraction of sp³-hybridized carbons (Fsp3) is 0.176. The average Bonchev–Trinajstić information content (AvgIpc) is 2.60. The predicted molar refractivity (Wildman–Crippen MR) is 97.9 cm³/mol. The van der Waals surface area contributed by atoms with Gasteiger partial charge in [-0.3, -0.25) is 4.79 Å². The van der Waals surface area contributed by atoms with Crippen molar-refractivity contribution in [1.29, 1.82) is 0 Å². The molecule has 0 saturated heterocycles. The Morgan fingerprint density at radius 1 is 1.26 bits per heavy atom. The Labute approximate surface area is 161 Å². The zero-order valence-corrected chi connectivity index (χ0v) is 15.4. The summed E-state index contributed by atoms with van der Waals surface area (Å²) in [6, 6.07) is 8.12. The van der Waals surface area contributed by atoms with Crippen LogP contribution >= 0.6 is 23.4 Å². The zero-order chi connectivity index (χ0) is 19.6. The number of pyridine rings is 1. The number of carbonyl (C=O) groups is 1. The van der Waals surface area contributed by atoms with Gasteiger partial charge >= 0.3 is 6.18 Å². The number of fused-ring (bicyclic) bond motifs is 1. The number of alkyl halides is 3. The van der Waals surface area contributed by atoms with Gasteiger partial charge in [0.2, 0.25) is 5.91 Å². The zero-order valence-electron chi connectivity index (χ0n) is 13.8. The molecule has 0 bridgehead atoms. The van der Waals surface area contributed by atoms with Crippen LogP contribution in [-0.4, -0.2) is 26.6 Å². The lowest BCUT2D eigenvalue weighted by Crippen LogP contribution is -2.16. The fourth-order valence-electron chi connectivity index (χ4n) is 2.26. The number of benzene rings is 1. The van der Waals surface area contributed by atoms with E-state index in [-0.39, 0.29) is 16.6 Å². The summed E-state index contributed by atoms with van der Waals surface area (Å²) in [4.78, 5) is 24.4. The van der Waals surface area contributed by atoms with Crippen molar-refractivity contribution in [2.24, 2.45) is 0 Å². The minimum atomic E-state index is -4.55. The SMILES string of the molecule is Cc1nc(SCC(=O)Nc2ncc(C(F)(F)F)cc2Cl)c2ccccc2n1. The molecule has 0 aliphatic heterocycles. The number of rotatable bonds is 4. The number of hydrogen-bond acceptors (Lipinski definition) is 5. The van der Waals surface area contributed by atoms with Crippen LogP contribution in [0.5, 0.6) is 0 Å². The van der Waals surface area contributed by atoms with Crippen LogP contribution in [0.4, 0.5) is 19.0 Å². The van der Waals surface area contributed by atoms with Crippen molar-refractivity contribution in [3.8, 4) is 0 Å². The third-order valence-electron chi connectivity index (χ3n) is 3.45. The number of nitrogens with one attached hydrogen (secondary N) is 1. The Morgan fingerprint density at radius 2 is 2.00 bits per heavy atom. The molecule has 1 N–H and O–H groups in total. The highest BCUT2D eigenvalue weighted by molar-refractivity contribution is 8.00. The van der Waals surface area contributed by atoms with Crippen LogP contribution in [0, 0.1) is 6.92 Å². The van der Waals surface area contributed by atoms with Crippen molar-refractivity contribution in [1.82, 2.24) is 15.0 Å². The maximum atomic E-state index is 12.6. The van der Waals surface area contributed by atoms with E-state index in [2.05, 4.69) is 20.3 Å². The molecule has 10 heteroatoms. The van der Waals surface area contributed by atoms with Gasteiger partial charge < -0.3 is 5.32 Å². The van der Waals surface area contributed by atoms with E-state index in [0.29, 0.717) is 17.0 Å². The molecule has 0 aliphatic carbocycles. The van der Waals surface area contributed by atoms with Crippen LogP contribution in [0.1, 0.15) is 11.4 Å². The van der Waals surface area contributed by atoms with Crippen molar-refractivity contribution in [3.63, 3.8) is 0 Å². The van der Waals surface area contributed by atoms with Gasteiger partial charge in [0.05, 0.1) is 21.9 Å². The summed E-state index contributed by atoms with van der Waals surface area (Å²) in [6.45, 7) is 1.75. The first-order valence-electron chi connectivity index (χ1n) is 7.63. The van der Waals surface area contributed by atoms with Crippen molar-refractivity contribution in [3.05, 3.63) is 52.9 Å². The van der Waals surface area contributed by atoms with Crippen LogP contribution in [0.15, 0.2) is 41.6 Å². The van der Waals surface area contributed by atoms with Crippen molar-refractivity contribution in [2.75, 3.05) is 11.1 Å². The number of halogens is 4. The Bertz CT molecular complexity index is 1010. The number of amides is 1. The topological polar surface area (TPSA) is 67.8 Å². The van der Waals surface area contributed by atoms with Gasteiger partial charge in [0.15, 0.2) is 5.82 Å². The highest BCUT2D eigenvalue weighted by Gasteiger charge is 2.31. The van der Waals surface area contributed by atoms with Crippen LogP contribution in [0.3, 0.4) is 0 Å². The first kappa shape index (κ1) is 19.4. The van der Waals surface area contributed by atoms with E-state index in [1.165, 1.54) is 11.8 Å². The van der Waals surface area contributed by atoms with Crippen LogP contribution < -0.4 is 5.32 Å². The molecule has 0 radical (unpaired) electrons. The Kier molecular flexibility index (Phi) is 5.52. The number of para-hydroxylation sites is 1. The van der Waals surface area contributed by atoms with Crippen LogP contribution in [-0.2, 0) is 11.0 Å². The molecule has 5 nitrogen and oxygen atoms in total. The quantitative estimate of drug-likeness (QED) is 0.495. The van der Waals surface area contributed by atoms with E-state index in [0.717, 1.165) is 17.0 Å². The Morgan fingerprint density at radius 3 is 2.70 bits per heavy atom. The third-order valence-corrected chi connectivity index (χ3v) is 4.73. The minimum Gasteiger partial charge on any atom is -0.309 e. The molecule has 1 amide bonds. The van der Waals surface area contributed by atoms with Gasteiger partial charge in [-0.25, -0.2) is 15.0 Å². The molecule has 3 rings (SSSR count). The summed E-state index contributed by atoms with van der Waals surface area (Å²) in [6.07, 6.45) is -3.93. The van der Waals surface area contributed by atoms with Gasteiger partial charge in [0, 0.05) is 11.6 Å². The highest BCUT2D eigenvalue weighted by Crippen LogP contribution is 2.32. The van der Waals surface area contributed by atoms with Gasteiger partial charge in [-0.05, 0) is 19.1 Å². The molecule has 2 heterocycles. The second-order valence-corrected chi connectivity index (χ2v) is 6.85. The van der Waals surface area contributed by atoms with E-state index in [1.807, 2.05) is 24.3 Å². The number of thioether (sulfide) groups is 1. The lowest BCUT2D eigenvalue weighted by Gasteiger charge is -2.10. The van der Waals surface area contributed by atoms with Crippen molar-refractivity contribution < 1.29 is 18.0 Å². The molecule has 3 aromatic rings. The molecule has 0 fully saturated rings. The second kappa shape index (κ2) is 7.69. The number of aromatic nitrogens is 3. The lowest BCUT2D eigenvalue weighted by atomic mass is 10.2. The summed E-state index contributed by atoms with van der Waals surface area (Å²) in [5, 5.41) is 3.57. The van der Waals surface area contributed by atoms with Crippen LogP contribution in [0.2, 0.25) is 5.02 Å². The number of hydrogen-bond donors (Lipinski definition) is 1. The third kappa shape index (κ3) is 4.67. The molecule has 2 aromatic heterocycles. The number of aryl methyl sites for hydroxylation is 1. The molecule has 0 aliphatic rings. The first-order valence-corrected chi connectivity index (χ1v) is 8.99. The molecule has 140 valence electrons. The summed E-state index contributed by atoms with van der Waals surface area (Å²) < 4.78 is 37.9. The highest BCUT2D eigenvalue weighted by atomic mass is 35.5. The molecular weight excluding hydrogens is 401 g/mol. The van der Waals surface area contributed by atoms with Crippen LogP contribution in [0.25, 0.3) is 10.9 Å². The van der Waals surface area contributed by atoms with Gasteiger partial charge in [0.1, 0.15) is 10.9 Å². The maximum Gasteiger partial charge on any atom is 0.417 e. The largest absolute Gasteiger partial charge is 0.417 e. The van der Waals surface area contributed by atoms with Gasteiger partial charge in [0.25, 0.3) is 0 Å². The second-order valence-electron chi connectivity index (χ2n) is 5.48. The minimum absolute atomic E-state index is 0.0144. The smallest absolute Gasteiger partial charge is 0.309 e.